The summed E-state index contributed by atoms with van der Waals surface area (Å²) in [5.41, 5.74) is 3.81. The largest absolute Gasteiger partial charge is 0.309 e. The normalized spacial score (nSPS) is 12.3. The summed E-state index contributed by atoms with van der Waals surface area (Å²) in [5, 5.41) is 3.53. The van der Waals surface area contributed by atoms with E-state index in [-0.39, 0.29) is 0 Å². The van der Waals surface area contributed by atoms with Crippen molar-refractivity contribution in [1.29, 1.82) is 0 Å². The van der Waals surface area contributed by atoms with E-state index in [2.05, 4.69) is 60.5 Å². The average molecular weight is 254 g/mol. The number of aryl methyl sites for hydroxylation is 2. The van der Waals surface area contributed by atoms with Crippen LogP contribution in [0.4, 0.5) is 0 Å². The predicted molar refractivity (Wildman–Crippen MR) is 80.2 cm³/mol. The molecule has 0 amide bonds. The number of hydrogen-bond donors (Lipinski definition) is 1. The first kappa shape index (κ1) is 13.8. The minimum absolute atomic E-state index is 0.338. The fraction of sp³-hybridized carbons (Fsp3) is 0.353. The molecule has 100 valence electrons. The van der Waals surface area contributed by atoms with E-state index in [1.807, 2.05) is 12.3 Å². The second-order valence-corrected chi connectivity index (χ2v) is 4.89. The zero-order valence-corrected chi connectivity index (χ0v) is 11.8. The van der Waals surface area contributed by atoms with Crippen LogP contribution in [0.2, 0.25) is 0 Å². The van der Waals surface area contributed by atoms with Crippen LogP contribution < -0.4 is 5.32 Å². The van der Waals surface area contributed by atoms with Gasteiger partial charge in [0.05, 0.1) is 5.69 Å². The zero-order valence-electron chi connectivity index (χ0n) is 11.8. The fourth-order valence-electron chi connectivity index (χ4n) is 2.31. The average Bonchev–Trinajstić information content (AvgIpc) is 2.44. The first-order valence-electron chi connectivity index (χ1n) is 6.99. The number of nitrogens with one attached hydrogen (secondary N) is 1. The van der Waals surface area contributed by atoms with Crippen molar-refractivity contribution in [3.8, 4) is 0 Å². The Morgan fingerprint density at radius 3 is 2.63 bits per heavy atom. The third-order valence-electron chi connectivity index (χ3n) is 3.31. The molecule has 1 N–H and O–H groups in total. The molecule has 2 rings (SSSR count). The molecule has 0 aliphatic carbocycles. The van der Waals surface area contributed by atoms with Crippen LogP contribution in [-0.2, 0) is 6.42 Å². The lowest BCUT2D eigenvalue weighted by Crippen LogP contribution is -2.22. The van der Waals surface area contributed by atoms with Gasteiger partial charge in [-0.15, -0.1) is 0 Å². The highest BCUT2D eigenvalue weighted by molar-refractivity contribution is 5.19. The van der Waals surface area contributed by atoms with E-state index in [0.717, 1.165) is 25.1 Å². The summed E-state index contributed by atoms with van der Waals surface area (Å²) in [7, 11) is 0. The van der Waals surface area contributed by atoms with Crippen molar-refractivity contribution < 1.29 is 0 Å². The minimum Gasteiger partial charge on any atom is -0.309 e. The van der Waals surface area contributed by atoms with Crippen molar-refractivity contribution in [3.05, 3.63) is 65.5 Å². The van der Waals surface area contributed by atoms with E-state index >= 15 is 0 Å². The summed E-state index contributed by atoms with van der Waals surface area (Å²) < 4.78 is 0. The van der Waals surface area contributed by atoms with Crippen molar-refractivity contribution in [1.82, 2.24) is 10.3 Å². The quantitative estimate of drug-likeness (QED) is 0.850. The standard InChI is InChI=1S/C17H22N2/c1-3-18-16(17-13-14(2)11-12-19-17)10-9-15-7-5-4-6-8-15/h4-8,11-13,16,18H,3,9-10H2,1-2H3. The van der Waals surface area contributed by atoms with E-state index in [0.29, 0.717) is 6.04 Å². The van der Waals surface area contributed by atoms with Gasteiger partial charge in [0.15, 0.2) is 0 Å². The molecule has 0 bridgehead atoms. The lowest BCUT2D eigenvalue weighted by Gasteiger charge is -2.17. The summed E-state index contributed by atoms with van der Waals surface area (Å²) in [6, 6.07) is 15.2. The third-order valence-corrected chi connectivity index (χ3v) is 3.31. The molecule has 0 spiro atoms. The summed E-state index contributed by atoms with van der Waals surface area (Å²) in [5.74, 6) is 0. The lowest BCUT2D eigenvalue weighted by atomic mass is 10.0. The molecule has 0 radical (unpaired) electrons. The summed E-state index contributed by atoms with van der Waals surface area (Å²) in [6.45, 7) is 5.23. The highest BCUT2D eigenvalue weighted by Crippen LogP contribution is 2.18. The molecule has 2 heteroatoms. The van der Waals surface area contributed by atoms with Crippen molar-refractivity contribution in [2.45, 2.75) is 32.7 Å². The molecule has 1 atom stereocenters. The second kappa shape index (κ2) is 7.05. The summed E-state index contributed by atoms with van der Waals surface area (Å²) >= 11 is 0. The Labute approximate surface area is 115 Å². The van der Waals surface area contributed by atoms with Crippen molar-refractivity contribution >= 4 is 0 Å². The highest BCUT2D eigenvalue weighted by atomic mass is 14.9. The monoisotopic (exact) mass is 254 g/mol. The maximum atomic E-state index is 4.51. The maximum Gasteiger partial charge on any atom is 0.0575 e. The second-order valence-electron chi connectivity index (χ2n) is 4.89. The Bertz CT molecular complexity index is 494. The first-order chi connectivity index (χ1) is 9.29. The number of rotatable bonds is 6. The van der Waals surface area contributed by atoms with E-state index in [1.165, 1.54) is 11.1 Å². The van der Waals surface area contributed by atoms with Gasteiger partial charge in [0, 0.05) is 12.2 Å². The minimum atomic E-state index is 0.338. The van der Waals surface area contributed by atoms with Gasteiger partial charge in [-0.3, -0.25) is 4.98 Å². The summed E-state index contributed by atoms with van der Waals surface area (Å²) in [6.07, 6.45) is 4.06. The van der Waals surface area contributed by atoms with Crippen molar-refractivity contribution in [3.63, 3.8) is 0 Å². The number of aromatic nitrogens is 1. The molecule has 1 aromatic carbocycles. The highest BCUT2D eigenvalue weighted by Gasteiger charge is 2.11. The van der Waals surface area contributed by atoms with Crippen LogP contribution >= 0.6 is 0 Å². The van der Waals surface area contributed by atoms with Gasteiger partial charge < -0.3 is 5.32 Å². The van der Waals surface area contributed by atoms with E-state index in [1.54, 1.807) is 0 Å². The van der Waals surface area contributed by atoms with Gasteiger partial charge in [-0.1, -0.05) is 37.3 Å². The number of pyridine rings is 1. The van der Waals surface area contributed by atoms with Crippen LogP contribution in [-0.4, -0.2) is 11.5 Å². The molecule has 0 aliphatic heterocycles. The topological polar surface area (TPSA) is 24.9 Å². The van der Waals surface area contributed by atoms with Gasteiger partial charge >= 0.3 is 0 Å². The molecule has 2 aromatic rings. The van der Waals surface area contributed by atoms with Gasteiger partial charge in [-0.05, 0) is 49.6 Å². The summed E-state index contributed by atoms with van der Waals surface area (Å²) in [4.78, 5) is 4.51. The van der Waals surface area contributed by atoms with Crippen LogP contribution in [0.15, 0.2) is 48.7 Å². The molecular weight excluding hydrogens is 232 g/mol. The molecule has 0 fully saturated rings. The number of nitrogens with zero attached hydrogens (tertiary/aromatic N) is 1. The molecule has 0 saturated carbocycles. The van der Waals surface area contributed by atoms with Crippen LogP contribution in [0, 0.1) is 6.92 Å². The molecule has 0 aliphatic rings. The van der Waals surface area contributed by atoms with Gasteiger partial charge in [-0.25, -0.2) is 0 Å². The van der Waals surface area contributed by atoms with Gasteiger partial charge in [0.25, 0.3) is 0 Å². The first-order valence-corrected chi connectivity index (χ1v) is 6.99. The fourth-order valence-corrected chi connectivity index (χ4v) is 2.31. The van der Waals surface area contributed by atoms with E-state index in [9.17, 15) is 0 Å². The van der Waals surface area contributed by atoms with E-state index in [4.69, 9.17) is 0 Å². The van der Waals surface area contributed by atoms with Crippen LogP contribution in [0.25, 0.3) is 0 Å². The smallest absolute Gasteiger partial charge is 0.0575 e. The molecule has 0 saturated heterocycles. The maximum absolute atomic E-state index is 4.51. The number of benzene rings is 1. The van der Waals surface area contributed by atoms with Crippen LogP contribution in [0.1, 0.15) is 36.2 Å². The Morgan fingerprint density at radius 2 is 1.95 bits per heavy atom. The number of hydrogen-bond acceptors (Lipinski definition) is 2. The molecular formula is C17H22N2. The molecule has 1 heterocycles. The van der Waals surface area contributed by atoms with Crippen molar-refractivity contribution in [2.75, 3.05) is 6.54 Å². The zero-order chi connectivity index (χ0) is 13.5. The van der Waals surface area contributed by atoms with Crippen LogP contribution in [0.5, 0.6) is 0 Å². The third kappa shape index (κ3) is 4.18. The Kier molecular flexibility index (Phi) is 5.10. The SMILES string of the molecule is CCNC(CCc1ccccc1)c1cc(C)ccn1. The Hall–Kier alpha value is -1.67. The van der Waals surface area contributed by atoms with Crippen LogP contribution in [0.3, 0.4) is 0 Å². The lowest BCUT2D eigenvalue weighted by molar-refractivity contribution is 0.503. The van der Waals surface area contributed by atoms with Gasteiger partial charge in [0.1, 0.15) is 0 Å². The van der Waals surface area contributed by atoms with Gasteiger partial charge in [0.2, 0.25) is 0 Å². The van der Waals surface area contributed by atoms with Crippen molar-refractivity contribution in [2.24, 2.45) is 0 Å². The van der Waals surface area contributed by atoms with E-state index < -0.39 is 0 Å². The van der Waals surface area contributed by atoms with Gasteiger partial charge in [-0.2, -0.15) is 0 Å². The molecule has 1 unspecified atom stereocenters. The predicted octanol–water partition coefficient (Wildman–Crippen LogP) is 3.67. The molecule has 2 nitrogen and oxygen atoms in total. The Morgan fingerprint density at radius 1 is 1.16 bits per heavy atom. The molecule has 1 aromatic heterocycles. The Balaban J connectivity index is 2.04. The molecule has 19 heavy (non-hydrogen) atoms.